The van der Waals surface area contributed by atoms with Crippen LogP contribution in [-0.2, 0) is 13.6 Å². The van der Waals surface area contributed by atoms with E-state index in [1.807, 2.05) is 18.2 Å². The first-order valence-corrected chi connectivity index (χ1v) is 6.21. The number of nitrogens with zero attached hydrogens (tertiary/aromatic N) is 1. The Kier molecular flexibility index (Phi) is 4.12. The molecule has 0 atom stereocenters. The second-order valence-electron chi connectivity index (χ2n) is 4.19. The Morgan fingerprint density at radius 1 is 1.32 bits per heavy atom. The number of aromatic nitrogens is 1. The van der Waals surface area contributed by atoms with Crippen molar-refractivity contribution in [2.75, 3.05) is 12.4 Å². The highest BCUT2D eigenvalue weighted by Crippen LogP contribution is 2.25. The summed E-state index contributed by atoms with van der Waals surface area (Å²) in [5.41, 5.74) is 1.90. The van der Waals surface area contributed by atoms with Crippen LogP contribution in [0.15, 0.2) is 41.3 Å². The summed E-state index contributed by atoms with van der Waals surface area (Å²) in [6.45, 7) is 0.627. The minimum Gasteiger partial charge on any atom is -0.495 e. The van der Waals surface area contributed by atoms with Crippen molar-refractivity contribution in [1.29, 1.82) is 0 Å². The molecule has 19 heavy (non-hydrogen) atoms. The molecule has 1 heterocycles. The van der Waals surface area contributed by atoms with Gasteiger partial charge in [0.05, 0.1) is 17.8 Å². The third-order valence-corrected chi connectivity index (χ3v) is 3.09. The maximum Gasteiger partial charge on any atom is 0.250 e. The lowest BCUT2D eigenvalue weighted by Crippen LogP contribution is -2.15. The summed E-state index contributed by atoms with van der Waals surface area (Å²) in [6, 6.07) is 8.92. The molecule has 1 N–H and O–H groups in total. The van der Waals surface area contributed by atoms with E-state index in [2.05, 4.69) is 5.32 Å². The summed E-state index contributed by atoms with van der Waals surface area (Å²) >= 11 is 6.06. The third-order valence-electron chi connectivity index (χ3n) is 2.80. The van der Waals surface area contributed by atoms with Gasteiger partial charge in [-0.15, -0.1) is 0 Å². The molecular weight excluding hydrogens is 264 g/mol. The lowest BCUT2D eigenvalue weighted by atomic mass is 10.2. The SMILES string of the molecule is COc1ccc(CNc2ccc(=O)n(C)c2)cc1Cl. The number of ether oxygens (including phenoxy) is 1. The second-order valence-corrected chi connectivity index (χ2v) is 4.60. The van der Waals surface area contributed by atoms with Gasteiger partial charge in [-0.05, 0) is 23.8 Å². The molecule has 1 aromatic carbocycles. The molecule has 5 heteroatoms. The molecule has 0 saturated heterocycles. The molecule has 0 spiro atoms. The first-order chi connectivity index (χ1) is 9.10. The normalized spacial score (nSPS) is 10.3. The minimum atomic E-state index is -0.0296. The molecule has 0 aliphatic carbocycles. The van der Waals surface area contributed by atoms with Gasteiger partial charge in [0.25, 0.3) is 0 Å². The molecule has 0 amide bonds. The van der Waals surface area contributed by atoms with Gasteiger partial charge in [0.1, 0.15) is 5.75 Å². The van der Waals surface area contributed by atoms with Crippen molar-refractivity contribution >= 4 is 17.3 Å². The zero-order valence-electron chi connectivity index (χ0n) is 10.8. The van der Waals surface area contributed by atoms with Crippen LogP contribution in [0.5, 0.6) is 5.75 Å². The number of hydrogen-bond donors (Lipinski definition) is 1. The summed E-state index contributed by atoms with van der Waals surface area (Å²) in [5.74, 6) is 0.660. The predicted octanol–water partition coefficient (Wildman–Crippen LogP) is 2.66. The Morgan fingerprint density at radius 2 is 2.11 bits per heavy atom. The summed E-state index contributed by atoms with van der Waals surface area (Å²) < 4.78 is 6.63. The molecule has 2 aromatic rings. The van der Waals surface area contributed by atoms with Crippen molar-refractivity contribution in [3.63, 3.8) is 0 Å². The molecule has 0 bridgehead atoms. The van der Waals surface area contributed by atoms with E-state index in [0.29, 0.717) is 17.3 Å². The molecular formula is C14H15ClN2O2. The maximum atomic E-state index is 11.3. The van der Waals surface area contributed by atoms with Crippen molar-refractivity contribution in [2.45, 2.75) is 6.54 Å². The first kappa shape index (κ1) is 13.5. The van der Waals surface area contributed by atoms with E-state index in [4.69, 9.17) is 16.3 Å². The number of aryl methyl sites for hydroxylation is 1. The molecule has 1 aromatic heterocycles. The average molecular weight is 279 g/mol. The van der Waals surface area contributed by atoms with Gasteiger partial charge in [0.2, 0.25) is 5.56 Å². The highest BCUT2D eigenvalue weighted by Gasteiger charge is 2.02. The zero-order valence-corrected chi connectivity index (χ0v) is 11.6. The Morgan fingerprint density at radius 3 is 2.74 bits per heavy atom. The van der Waals surface area contributed by atoms with Crippen LogP contribution in [0.3, 0.4) is 0 Å². The van der Waals surface area contributed by atoms with E-state index in [9.17, 15) is 4.79 Å². The fraction of sp³-hybridized carbons (Fsp3) is 0.214. The zero-order chi connectivity index (χ0) is 13.8. The van der Waals surface area contributed by atoms with E-state index in [1.54, 1.807) is 26.4 Å². The highest BCUT2D eigenvalue weighted by atomic mass is 35.5. The molecule has 0 aliphatic rings. The van der Waals surface area contributed by atoms with Crippen LogP contribution in [0.4, 0.5) is 5.69 Å². The van der Waals surface area contributed by atoms with Gasteiger partial charge >= 0.3 is 0 Å². The van der Waals surface area contributed by atoms with Crippen molar-refractivity contribution in [3.05, 3.63) is 57.5 Å². The maximum absolute atomic E-state index is 11.3. The van der Waals surface area contributed by atoms with Crippen LogP contribution in [-0.4, -0.2) is 11.7 Å². The smallest absolute Gasteiger partial charge is 0.250 e. The molecule has 2 rings (SSSR count). The van der Waals surface area contributed by atoms with Gasteiger partial charge in [-0.3, -0.25) is 4.79 Å². The van der Waals surface area contributed by atoms with Crippen LogP contribution >= 0.6 is 11.6 Å². The van der Waals surface area contributed by atoms with Crippen LogP contribution in [0.25, 0.3) is 0 Å². The van der Waals surface area contributed by atoms with Gasteiger partial charge in [0.15, 0.2) is 0 Å². The van der Waals surface area contributed by atoms with Gasteiger partial charge in [-0.25, -0.2) is 0 Å². The van der Waals surface area contributed by atoms with Crippen LogP contribution in [0.1, 0.15) is 5.56 Å². The van der Waals surface area contributed by atoms with Crippen LogP contribution in [0, 0.1) is 0 Å². The molecule has 0 aliphatic heterocycles. The Hall–Kier alpha value is -1.94. The van der Waals surface area contributed by atoms with Crippen molar-refractivity contribution < 1.29 is 4.74 Å². The summed E-state index contributed by atoms with van der Waals surface area (Å²) in [5, 5.41) is 3.82. The Bertz CT molecular complexity index is 638. The Labute approximate surface area is 116 Å². The van der Waals surface area contributed by atoms with Crippen molar-refractivity contribution in [3.8, 4) is 5.75 Å². The molecule has 0 saturated carbocycles. The summed E-state index contributed by atoms with van der Waals surface area (Å²) in [7, 11) is 3.31. The fourth-order valence-electron chi connectivity index (χ4n) is 1.72. The van der Waals surface area contributed by atoms with Crippen molar-refractivity contribution in [1.82, 2.24) is 4.57 Å². The number of methoxy groups -OCH3 is 1. The third kappa shape index (κ3) is 3.29. The largest absolute Gasteiger partial charge is 0.495 e. The van der Waals surface area contributed by atoms with Gasteiger partial charge in [0, 0.05) is 25.9 Å². The van der Waals surface area contributed by atoms with E-state index >= 15 is 0 Å². The van der Waals surface area contributed by atoms with Gasteiger partial charge < -0.3 is 14.6 Å². The number of anilines is 1. The van der Waals surface area contributed by atoms with Gasteiger partial charge in [-0.2, -0.15) is 0 Å². The topological polar surface area (TPSA) is 43.3 Å². The number of nitrogens with one attached hydrogen (secondary N) is 1. The number of rotatable bonds is 4. The molecule has 4 nitrogen and oxygen atoms in total. The standard InChI is InChI=1S/C14H15ClN2O2/c1-17-9-11(4-6-14(17)18)16-8-10-3-5-13(19-2)12(15)7-10/h3-7,9,16H,8H2,1-2H3. The number of hydrogen-bond acceptors (Lipinski definition) is 3. The number of pyridine rings is 1. The van der Waals surface area contributed by atoms with E-state index in [1.165, 1.54) is 10.6 Å². The molecule has 0 radical (unpaired) electrons. The monoisotopic (exact) mass is 278 g/mol. The summed E-state index contributed by atoms with van der Waals surface area (Å²) in [4.78, 5) is 11.3. The van der Waals surface area contributed by atoms with Crippen molar-refractivity contribution in [2.24, 2.45) is 7.05 Å². The van der Waals surface area contributed by atoms with Crippen LogP contribution in [0.2, 0.25) is 5.02 Å². The lowest BCUT2D eigenvalue weighted by Gasteiger charge is -2.09. The van der Waals surface area contributed by atoms with E-state index in [-0.39, 0.29) is 5.56 Å². The second kappa shape index (κ2) is 5.80. The first-order valence-electron chi connectivity index (χ1n) is 5.83. The fourth-order valence-corrected chi connectivity index (χ4v) is 2.00. The quantitative estimate of drug-likeness (QED) is 0.935. The lowest BCUT2D eigenvalue weighted by molar-refractivity contribution is 0.415. The van der Waals surface area contributed by atoms with E-state index in [0.717, 1.165) is 11.3 Å². The molecule has 0 unspecified atom stereocenters. The summed E-state index contributed by atoms with van der Waals surface area (Å²) in [6.07, 6.45) is 1.76. The number of benzene rings is 1. The molecule has 100 valence electrons. The molecule has 0 fully saturated rings. The number of halogens is 1. The minimum absolute atomic E-state index is 0.0296. The average Bonchev–Trinajstić information content (AvgIpc) is 2.40. The van der Waals surface area contributed by atoms with Gasteiger partial charge in [-0.1, -0.05) is 17.7 Å². The van der Waals surface area contributed by atoms with Crippen LogP contribution < -0.4 is 15.6 Å². The Balaban J connectivity index is 2.08. The predicted molar refractivity (Wildman–Crippen MR) is 77.0 cm³/mol. The van der Waals surface area contributed by atoms with E-state index < -0.39 is 0 Å². The highest BCUT2D eigenvalue weighted by molar-refractivity contribution is 6.32.